The number of rotatable bonds is 5. The monoisotopic (exact) mass is 415 g/mol. The number of halogens is 2. The second kappa shape index (κ2) is 7.42. The minimum absolute atomic E-state index is 0.219. The lowest BCUT2D eigenvalue weighted by molar-refractivity contribution is -0.0881. The van der Waals surface area contributed by atoms with Gasteiger partial charge in [-0.2, -0.15) is 5.10 Å². The fraction of sp³-hybridized carbons (Fsp3) is 0.500. The van der Waals surface area contributed by atoms with Gasteiger partial charge >= 0.3 is 0 Å². The van der Waals surface area contributed by atoms with E-state index in [0.717, 1.165) is 25.9 Å². The summed E-state index contributed by atoms with van der Waals surface area (Å²) in [7, 11) is 1.51. The van der Waals surface area contributed by atoms with Gasteiger partial charge in [0, 0.05) is 43.6 Å². The summed E-state index contributed by atoms with van der Waals surface area (Å²) in [4.78, 5) is 13.4. The van der Waals surface area contributed by atoms with E-state index >= 15 is 0 Å². The van der Waals surface area contributed by atoms with Crippen molar-refractivity contribution in [3.63, 3.8) is 0 Å². The van der Waals surface area contributed by atoms with Crippen LogP contribution in [0, 0.1) is 0 Å². The van der Waals surface area contributed by atoms with Crippen LogP contribution in [0.5, 0.6) is 5.75 Å². The van der Waals surface area contributed by atoms with Gasteiger partial charge in [-0.05, 0) is 25.5 Å². The number of ether oxygens (including phenoxy) is 1. The van der Waals surface area contributed by atoms with Crippen LogP contribution in [0.4, 0.5) is 14.7 Å². The Hall–Kier alpha value is -2.88. The van der Waals surface area contributed by atoms with Crippen molar-refractivity contribution >= 4 is 11.6 Å². The molecule has 1 atom stereocenters. The van der Waals surface area contributed by atoms with Crippen molar-refractivity contribution in [3.8, 4) is 17.1 Å². The zero-order chi connectivity index (χ0) is 20.7. The highest BCUT2D eigenvalue weighted by Crippen LogP contribution is 2.49. The lowest BCUT2D eigenvalue weighted by Gasteiger charge is -2.34. The maximum Gasteiger partial charge on any atom is 0.249 e. The molecular formula is C20H23F2N7O. The molecule has 3 aromatic rings. The highest BCUT2D eigenvalue weighted by atomic mass is 19.3. The van der Waals surface area contributed by atoms with E-state index in [1.807, 2.05) is 0 Å². The molecule has 8 nitrogen and oxygen atoms in total. The summed E-state index contributed by atoms with van der Waals surface area (Å²) in [5, 5.41) is 11.3. The van der Waals surface area contributed by atoms with Gasteiger partial charge in [0.1, 0.15) is 17.1 Å². The number of aromatic nitrogens is 5. The van der Waals surface area contributed by atoms with Crippen LogP contribution in [0.15, 0.2) is 24.5 Å². The first-order valence-corrected chi connectivity index (χ1v) is 10.1. The average Bonchev–Trinajstić information content (AvgIpc) is 3.15. The number of hydrogen-bond acceptors (Lipinski definition) is 7. The van der Waals surface area contributed by atoms with Crippen LogP contribution in [0.3, 0.4) is 0 Å². The molecule has 0 amide bonds. The van der Waals surface area contributed by atoms with Crippen LogP contribution >= 0.6 is 0 Å². The molecule has 0 spiro atoms. The molecule has 10 heteroatoms. The van der Waals surface area contributed by atoms with E-state index in [-0.39, 0.29) is 24.8 Å². The third-order valence-electron chi connectivity index (χ3n) is 5.73. The molecule has 0 aromatic carbocycles. The summed E-state index contributed by atoms with van der Waals surface area (Å²) in [5.41, 5.74) is 2.43. The van der Waals surface area contributed by atoms with Gasteiger partial charge in [-0.15, -0.1) is 0 Å². The minimum atomic E-state index is -2.63. The predicted octanol–water partition coefficient (Wildman–Crippen LogP) is 2.87. The molecule has 0 radical (unpaired) electrons. The molecule has 2 fully saturated rings. The molecule has 1 saturated heterocycles. The SMILES string of the molecule is COc1cc2ncc(-c3ccnc(N[C@@H]4CCCNC4)n3)n2nc1C1CC(F)(F)C1. The van der Waals surface area contributed by atoms with Crippen molar-refractivity contribution in [1.29, 1.82) is 0 Å². The highest BCUT2D eigenvalue weighted by Gasteiger charge is 2.47. The molecule has 5 rings (SSSR count). The van der Waals surface area contributed by atoms with Crippen LogP contribution in [0.1, 0.15) is 37.3 Å². The van der Waals surface area contributed by atoms with Crippen molar-refractivity contribution in [2.75, 3.05) is 25.5 Å². The fourth-order valence-corrected chi connectivity index (χ4v) is 4.12. The van der Waals surface area contributed by atoms with E-state index < -0.39 is 5.92 Å². The van der Waals surface area contributed by atoms with Gasteiger partial charge in [0.15, 0.2) is 5.65 Å². The lowest BCUT2D eigenvalue weighted by Crippen LogP contribution is -2.38. The van der Waals surface area contributed by atoms with E-state index in [9.17, 15) is 8.78 Å². The van der Waals surface area contributed by atoms with Gasteiger partial charge in [-0.3, -0.25) is 0 Å². The zero-order valence-corrected chi connectivity index (χ0v) is 16.6. The van der Waals surface area contributed by atoms with Crippen molar-refractivity contribution < 1.29 is 13.5 Å². The summed E-state index contributed by atoms with van der Waals surface area (Å²) in [6.07, 6.45) is 5.10. The van der Waals surface area contributed by atoms with Crippen LogP contribution in [-0.2, 0) is 0 Å². The third-order valence-corrected chi connectivity index (χ3v) is 5.73. The summed E-state index contributed by atoms with van der Waals surface area (Å²) in [6, 6.07) is 3.80. The van der Waals surface area contributed by atoms with E-state index in [2.05, 4.69) is 30.7 Å². The summed E-state index contributed by atoms with van der Waals surface area (Å²) in [5.74, 6) is -1.94. The van der Waals surface area contributed by atoms with E-state index in [1.165, 1.54) is 7.11 Å². The molecule has 158 valence electrons. The molecule has 1 aliphatic heterocycles. The van der Waals surface area contributed by atoms with Crippen molar-refractivity contribution in [2.45, 2.75) is 43.6 Å². The highest BCUT2D eigenvalue weighted by molar-refractivity contribution is 5.61. The van der Waals surface area contributed by atoms with Crippen molar-refractivity contribution in [2.24, 2.45) is 0 Å². The molecule has 2 N–H and O–H groups in total. The molecule has 0 unspecified atom stereocenters. The topological polar surface area (TPSA) is 89.3 Å². The van der Waals surface area contributed by atoms with Crippen LogP contribution < -0.4 is 15.4 Å². The zero-order valence-electron chi connectivity index (χ0n) is 16.6. The summed E-state index contributed by atoms with van der Waals surface area (Å²) >= 11 is 0. The van der Waals surface area contributed by atoms with Crippen molar-refractivity contribution in [1.82, 2.24) is 29.9 Å². The Kier molecular flexibility index (Phi) is 4.73. The van der Waals surface area contributed by atoms with Crippen molar-refractivity contribution in [3.05, 3.63) is 30.2 Å². The fourth-order valence-electron chi connectivity index (χ4n) is 4.12. The molecule has 4 heterocycles. The number of nitrogens with zero attached hydrogens (tertiary/aromatic N) is 5. The molecule has 2 aliphatic rings. The standard InChI is InChI=1S/C20H23F2N7O/c1-30-16-7-17-25-11-15(29(17)28-18(16)12-8-20(21,22)9-12)14-4-6-24-19(27-14)26-13-3-2-5-23-10-13/h4,6-7,11-13,23H,2-3,5,8-10H2,1H3,(H,24,26,27)/t13-/m1/s1. The smallest absolute Gasteiger partial charge is 0.249 e. The molecular weight excluding hydrogens is 392 g/mol. The average molecular weight is 415 g/mol. The molecule has 1 saturated carbocycles. The number of fused-ring (bicyclic) bond motifs is 1. The second-order valence-corrected chi connectivity index (χ2v) is 7.93. The predicted molar refractivity (Wildman–Crippen MR) is 107 cm³/mol. The number of nitrogens with one attached hydrogen (secondary N) is 2. The molecule has 1 aliphatic carbocycles. The van der Waals surface area contributed by atoms with Crippen LogP contribution in [0.25, 0.3) is 17.0 Å². The van der Waals surface area contributed by atoms with Gasteiger partial charge < -0.3 is 15.4 Å². The molecule has 30 heavy (non-hydrogen) atoms. The Morgan fingerprint density at radius 1 is 1.30 bits per heavy atom. The maximum atomic E-state index is 13.4. The second-order valence-electron chi connectivity index (χ2n) is 7.93. The first kappa shape index (κ1) is 19.1. The Morgan fingerprint density at radius 3 is 2.90 bits per heavy atom. The number of imidazole rings is 1. The normalized spacial score (nSPS) is 21.4. The Balaban J connectivity index is 1.48. The number of hydrogen-bond donors (Lipinski definition) is 2. The first-order chi connectivity index (χ1) is 14.5. The number of alkyl halides is 2. The van der Waals surface area contributed by atoms with E-state index in [1.54, 1.807) is 29.0 Å². The maximum absolute atomic E-state index is 13.4. The van der Waals surface area contributed by atoms with Gasteiger partial charge in [-0.1, -0.05) is 0 Å². The van der Waals surface area contributed by atoms with Gasteiger partial charge in [0.05, 0.1) is 19.0 Å². The van der Waals surface area contributed by atoms with Gasteiger partial charge in [0.2, 0.25) is 11.9 Å². The summed E-state index contributed by atoms with van der Waals surface area (Å²) in [6.45, 7) is 1.91. The largest absolute Gasteiger partial charge is 0.495 e. The van der Waals surface area contributed by atoms with Crippen LogP contribution in [0.2, 0.25) is 0 Å². The van der Waals surface area contributed by atoms with Gasteiger partial charge in [-0.25, -0.2) is 28.2 Å². The molecule has 3 aromatic heterocycles. The Labute approximate surface area is 172 Å². The summed E-state index contributed by atoms with van der Waals surface area (Å²) < 4.78 is 33.9. The number of anilines is 1. The number of methoxy groups -OCH3 is 1. The molecule has 0 bridgehead atoms. The Bertz CT molecular complexity index is 1060. The van der Waals surface area contributed by atoms with Gasteiger partial charge in [0.25, 0.3) is 0 Å². The quantitative estimate of drug-likeness (QED) is 0.662. The Morgan fingerprint density at radius 2 is 2.17 bits per heavy atom. The van der Waals surface area contributed by atoms with E-state index in [0.29, 0.717) is 34.4 Å². The lowest BCUT2D eigenvalue weighted by atomic mass is 9.79. The minimum Gasteiger partial charge on any atom is -0.495 e. The van der Waals surface area contributed by atoms with E-state index in [4.69, 9.17) is 4.74 Å². The first-order valence-electron chi connectivity index (χ1n) is 10.1. The number of piperidine rings is 1. The third kappa shape index (κ3) is 3.55. The van der Waals surface area contributed by atoms with Crippen LogP contribution in [-0.4, -0.2) is 56.7 Å².